The SMILES string of the molecule is CC(C)CS(=O)(=O)NCC1CC(O)C1. The molecule has 1 aliphatic rings. The van der Waals surface area contributed by atoms with E-state index in [0.29, 0.717) is 12.5 Å². The Labute approximate surface area is 85.8 Å². The Balaban J connectivity index is 2.23. The molecule has 0 aromatic rings. The highest BCUT2D eigenvalue weighted by molar-refractivity contribution is 7.89. The standard InChI is InChI=1S/C9H19NO3S/c1-7(2)6-14(12,13)10-5-8-3-9(11)4-8/h7-11H,3-6H2,1-2H3. The second-order valence-electron chi connectivity index (χ2n) is 4.51. The third-order valence-electron chi connectivity index (χ3n) is 2.36. The molecule has 1 saturated carbocycles. The van der Waals surface area contributed by atoms with Gasteiger partial charge in [-0.2, -0.15) is 0 Å². The lowest BCUT2D eigenvalue weighted by Crippen LogP contribution is -2.39. The van der Waals surface area contributed by atoms with Crippen molar-refractivity contribution in [2.45, 2.75) is 32.8 Å². The van der Waals surface area contributed by atoms with Crippen molar-refractivity contribution in [3.05, 3.63) is 0 Å². The van der Waals surface area contributed by atoms with Gasteiger partial charge < -0.3 is 5.11 Å². The molecule has 1 fully saturated rings. The van der Waals surface area contributed by atoms with Gasteiger partial charge in [0.05, 0.1) is 11.9 Å². The number of rotatable bonds is 5. The largest absolute Gasteiger partial charge is 0.393 e. The summed E-state index contributed by atoms with van der Waals surface area (Å²) < 4.78 is 25.4. The van der Waals surface area contributed by atoms with Gasteiger partial charge in [-0.3, -0.25) is 0 Å². The van der Waals surface area contributed by atoms with E-state index in [1.807, 2.05) is 13.8 Å². The fourth-order valence-corrected chi connectivity index (χ4v) is 3.09. The van der Waals surface area contributed by atoms with Gasteiger partial charge in [0, 0.05) is 6.54 Å². The van der Waals surface area contributed by atoms with Crippen LogP contribution >= 0.6 is 0 Å². The van der Waals surface area contributed by atoms with E-state index in [9.17, 15) is 8.42 Å². The summed E-state index contributed by atoms with van der Waals surface area (Å²) in [5.74, 6) is 0.661. The minimum atomic E-state index is -3.10. The highest BCUT2D eigenvalue weighted by Crippen LogP contribution is 2.26. The van der Waals surface area contributed by atoms with Crippen molar-refractivity contribution in [1.29, 1.82) is 0 Å². The summed E-state index contributed by atoms with van der Waals surface area (Å²) in [4.78, 5) is 0. The van der Waals surface area contributed by atoms with E-state index in [0.717, 1.165) is 12.8 Å². The number of sulfonamides is 1. The van der Waals surface area contributed by atoms with Crippen LogP contribution in [0.3, 0.4) is 0 Å². The second-order valence-corrected chi connectivity index (χ2v) is 6.37. The first kappa shape index (κ1) is 11.9. The first-order valence-corrected chi connectivity index (χ1v) is 6.69. The molecule has 5 heteroatoms. The van der Waals surface area contributed by atoms with Crippen molar-refractivity contribution in [2.24, 2.45) is 11.8 Å². The zero-order valence-electron chi connectivity index (χ0n) is 8.73. The third-order valence-corrected chi connectivity index (χ3v) is 4.07. The van der Waals surface area contributed by atoms with Crippen LogP contribution in [0.25, 0.3) is 0 Å². The number of hydrogen-bond donors (Lipinski definition) is 2. The average Bonchev–Trinajstić information content (AvgIpc) is 1.93. The molecule has 0 unspecified atom stereocenters. The van der Waals surface area contributed by atoms with Gasteiger partial charge in [-0.05, 0) is 24.7 Å². The van der Waals surface area contributed by atoms with E-state index in [4.69, 9.17) is 5.11 Å². The Morgan fingerprint density at radius 1 is 1.43 bits per heavy atom. The van der Waals surface area contributed by atoms with Crippen LogP contribution in [-0.2, 0) is 10.0 Å². The van der Waals surface area contributed by atoms with Gasteiger partial charge in [0.25, 0.3) is 0 Å². The molecule has 84 valence electrons. The molecule has 0 aromatic carbocycles. The van der Waals surface area contributed by atoms with Crippen molar-refractivity contribution >= 4 is 10.0 Å². The van der Waals surface area contributed by atoms with Crippen LogP contribution in [0, 0.1) is 11.8 Å². The Kier molecular flexibility index (Phi) is 3.92. The molecule has 2 N–H and O–H groups in total. The summed E-state index contributed by atoms with van der Waals surface area (Å²) >= 11 is 0. The zero-order valence-corrected chi connectivity index (χ0v) is 9.55. The van der Waals surface area contributed by atoms with Crippen molar-refractivity contribution in [2.75, 3.05) is 12.3 Å². The van der Waals surface area contributed by atoms with Gasteiger partial charge in [0.15, 0.2) is 0 Å². The van der Waals surface area contributed by atoms with E-state index in [1.54, 1.807) is 0 Å². The zero-order chi connectivity index (χ0) is 10.8. The van der Waals surface area contributed by atoms with Gasteiger partial charge in [-0.15, -0.1) is 0 Å². The molecule has 4 nitrogen and oxygen atoms in total. The van der Waals surface area contributed by atoms with E-state index >= 15 is 0 Å². The van der Waals surface area contributed by atoms with Crippen LogP contribution in [0.4, 0.5) is 0 Å². The monoisotopic (exact) mass is 221 g/mol. The molecule has 0 amide bonds. The lowest BCUT2D eigenvalue weighted by atomic mass is 9.83. The smallest absolute Gasteiger partial charge is 0.211 e. The van der Waals surface area contributed by atoms with Gasteiger partial charge in [0.1, 0.15) is 0 Å². The summed E-state index contributed by atoms with van der Waals surface area (Å²) in [6.07, 6.45) is 1.24. The second kappa shape index (κ2) is 4.59. The Morgan fingerprint density at radius 2 is 2.00 bits per heavy atom. The minimum absolute atomic E-state index is 0.152. The summed E-state index contributed by atoms with van der Waals surface area (Å²) in [5, 5.41) is 9.02. The minimum Gasteiger partial charge on any atom is -0.393 e. The van der Waals surface area contributed by atoms with Crippen molar-refractivity contribution in [1.82, 2.24) is 4.72 Å². The van der Waals surface area contributed by atoms with Crippen molar-refractivity contribution in [3.63, 3.8) is 0 Å². The number of aliphatic hydroxyl groups excluding tert-OH is 1. The lowest BCUT2D eigenvalue weighted by Gasteiger charge is -2.31. The molecule has 0 bridgehead atoms. The maximum absolute atomic E-state index is 11.4. The van der Waals surface area contributed by atoms with Crippen LogP contribution in [0.15, 0.2) is 0 Å². The van der Waals surface area contributed by atoms with E-state index in [-0.39, 0.29) is 17.8 Å². The topological polar surface area (TPSA) is 66.4 Å². The molecule has 0 radical (unpaired) electrons. The highest BCUT2D eigenvalue weighted by Gasteiger charge is 2.28. The fraction of sp³-hybridized carbons (Fsp3) is 1.00. The first-order chi connectivity index (χ1) is 6.39. The predicted octanol–water partition coefficient (Wildman–Crippen LogP) is 0.333. The lowest BCUT2D eigenvalue weighted by molar-refractivity contribution is 0.0453. The number of aliphatic hydroxyl groups is 1. The average molecular weight is 221 g/mol. The van der Waals surface area contributed by atoms with Gasteiger partial charge in [-0.25, -0.2) is 13.1 Å². The van der Waals surface area contributed by atoms with Crippen LogP contribution in [0.2, 0.25) is 0 Å². The van der Waals surface area contributed by atoms with Gasteiger partial charge >= 0.3 is 0 Å². The molecule has 14 heavy (non-hydrogen) atoms. The van der Waals surface area contributed by atoms with Crippen LogP contribution < -0.4 is 4.72 Å². The first-order valence-electron chi connectivity index (χ1n) is 5.04. The summed E-state index contributed by atoms with van der Waals surface area (Å²) in [7, 11) is -3.10. The van der Waals surface area contributed by atoms with Crippen LogP contribution in [-0.4, -0.2) is 31.9 Å². The van der Waals surface area contributed by atoms with Crippen LogP contribution in [0.5, 0.6) is 0 Å². The maximum Gasteiger partial charge on any atom is 0.211 e. The number of nitrogens with one attached hydrogen (secondary N) is 1. The molecule has 0 heterocycles. The molecular formula is C9H19NO3S. The third kappa shape index (κ3) is 3.94. The molecule has 0 atom stereocenters. The Hall–Kier alpha value is -0.130. The molecule has 0 aromatic heterocycles. The molecular weight excluding hydrogens is 202 g/mol. The Bertz CT molecular complexity index is 268. The molecule has 1 aliphatic carbocycles. The Morgan fingerprint density at radius 3 is 2.43 bits per heavy atom. The van der Waals surface area contributed by atoms with Gasteiger partial charge in [0.2, 0.25) is 10.0 Å². The molecule has 0 aliphatic heterocycles. The van der Waals surface area contributed by atoms with E-state index in [1.165, 1.54) is 0 Å². The van der Waals surface area contributed by atoms with Crippen LogP contribution in [0.1, 0.15) is 26.7 Å². The van der Waals surface area contributed by atoms with Gasteiger partial charge in [-0.1, -0.05) is 13.8 Å². The van der Waals surface area contributed by atoms with E-state index < -0.39 is 10.0 Å². The molecule has 0 saturated heterocycles. The maximum atomic E-state index is 11.4. The highest BCUT2D eigenvalue weighted by atomic mass is 32.2. The molecule has 1 rings (SSSR count). The van der Waals surface area contributed by atoms with E-state index in [2.05, 4.69) is 4.72 Å². The van der Waals surface area contributed by atoms with Crippen molar-refractivity contribution in [3.8, 4) is 0 Å². The quantitative estimate of drug-likeness (QED) is 0.703. The normalized spacial score (nSPS) is 27.7. The van der Waals surface area contributed by atoms with Crippen molar-refractivity contribution < 1.29 is 13.5 Å². The number of hydrogen-bond acceptors (Lipinski definition) is 3. The molecule has 0 spiro atoms. The summed E-state index contributed by atoms with van der Waals surface area (Å²) in [5.41, 5.74) is 0. The predicted molar refractivity (Wildman–Crippen MR) is 55.4 cm³/mol. The summed E-state index contributed by atoms with van der Waals surface area (Å²) in [6, 6.07) is 0. The summed E-state index contributed by atoms with van der Waals surface area (Å²) in [6.45, 7) is 4.24. The fourth-order valence-electron chi connectivity index (χ4n) is 1.61.